The summed E-state index contributed by atoms with van der Waals surface area (Å²) in [5.41, 5.74) is 2.12. The molecule has 2 heterocycles. The maximum atomic E-state index is 12.3. The third kappa shape index (κ3) is 3.73. The number of ether oxygens (including phenoxy) is 2. The highest BCUT2D eigenvalue weighted by Crippen LogP contribution is 2.40. The van der Waals surface area contributed by atoms with Crippen LogP contribution in [0.15, 0.2) is 53.0 Å². The quantitative estimate of drug-likeness (QED) is 0.696. The third-order valence-electron chi connectivity index (χ3n) is 5.34. The van der Waals surface area contributed by atoms with E-state index < -0.39 is 0 Å². The summed E-state index contributed by atoms with van der Waals surface area (Å²) in [5, 5.41) is 0. The number of amides is 1. The van der Waals surface area contributed by atoms with Crippen LogP contribution in [-0.2, 0) is 17.8 Å². The van der Waals surface area contributed by atoms with Crippen LogP contribution in [-0.4, -0.2) is 29.7 Å². The number of hydrogen-bond donors (Lipinski definition) is 0. The number of rotatable bonds is 2. The molecule has 2 aromatic rings. The molecule has 26 heavy (non-hydrogen) atoms. The van der Waals surface area contributed by atoms with Crippen LogP contribution in [0.5, 0.6) is 5.75 Å². The SMILES string of the molecule is O=C(OCc1ccccc1)N1CCC2(CCc3cc(Br)ccc3O2)CC1. The molecule has 1 spiro atoms. The van der Waals surface area contributed by atoms with Gasteiger partial charge in [0.1, 0.15) is 18.0 Å². The third-order valence-corrected chi connectivity index (χ3v) is 5.83. The lowest BCUT2D eigenvalue weighted by Gasteiger charge is -2.44. The minimum Gasteiger partial charge on any atom is -0.487 e. The first-order chi connectivity index (χ1) is 12.6. The van der Waals surface area contributed by atoms with E-state index in [2.05, 4.69) is 22.0 Å². The molecule has 1 saturated heterocycles. The van der Waals surface area contributed by atoms with Gasteiger partial charge < -0.3 is 14.4 Å². The van der Waals surface area contributed by atoms with Gasteiger partial charge in [0, 0.05) is 30.4 Å². The first-order valence-electron chi connectivity index (χ1n) is 9.07. The monoisotopic (exact) mass is 415 g/mol. The summed E-state index contributed by atoms with van der Waals surface area (Å²) in [7, 11) is 0. The molecule has 2 aliphatic heterocycles. The van der Waals surface area contributed by atoms with Crippen LogP contribution in [0.25, 0.3) is 0 Å². The second kappa shape index (κ2) is 7.31. The van der Waals surface area contributed by atoms with Crippen molar-refractivity contribution in [2.24, 2.45) is 0 Å². The first-order valence-corrected chi connectivity index (χ1v) is 9.86. The molecule has 2 aromatic carbocycles. The summed E-state index contributed by atoms with van der Waals surface area (Å²) in [4.78, 5) is 14.1. The largest absolute Gasteiger partial charge is 0.487 e. The van der Waals surface area contributed by atoms with Crippen molar-refractivity contribution in [3.05, 3.63) is 64.1 Å². The van der Waals surface area contributed by atoms with Crippen LogP contribution in [0.2, 0.25) is 0 Å². The van der Waals surface area contributed by atoms with E-state index in [0.29, 0.717) is 19.7 Å². The second-order valence-corrected chi connectivity index (χ2v) is 7.98. The zero-order chi connectivity index (χ0) is 18.0. The Balaban J connectivity index is 1.32. The Labute approximate surface area is 162 Å². The molecule has 4 nitrogen and oxygen atoms in total. The van der Waals surface area contributed by atoms with Crippen molar-refractivity contribution in [2.45, 2.75) is 37.9 Å². The van der Waals surface area contributed by atoms with E-state index in [-0.39, 0.29) is 11.7 Å². The maximum absolute atomic E-state index is 12.3. The Morgan fingerprint density at radius 1 is 1.12 bits per heavy atom. The minimum absolute atomic E-state index is 0.142. The highest BCUT2D eigenvalue weighted by atomic mass is 79.9. The van der Waals surface area contributed by atoms with Gasteiger partial charge in [-0.2, -0.15) is 0 Å². The van der Waals surface area contributed by atoms with Crippen molar-refractivity contribution in [3.8, 4) is 5.75 Å². The molecule has 2 aliphatic rings. The van der Waals surface area contributed by atoms with E-state index in [4.69, 9.17) is 9.47 Å². The maximum Gasteiger partial charge on any atom is 0.410 e. The number of nitrogens with zero attached hydrogens (tertiary/aromatic N) is 1. The van der Waals surface area contributed by atoms with Crippen molar-refractivity contribution in [3.63, 3.8) is 0 Å². The van der Waals surface area contributed by atoms with E-state index >= 15 is 0 Å². The molecule has 0 atom stereocenters. The highest BCUT2D eigenvalue weighted by Gasteiger charge is 2.40. The lowest BCUT2D eigenvalue weighted by molar-refractivity contribution is -0.0151. The molecule has 5 heteroatoms. The number of benzene rings is 2. The minimum atomic E-state index is -0.233. The predicted octanol–water partition coefficient (Wildman–Crippen LogP) is 4.95. The second-order valence-electron chi connectivity index (χ2n) is 7.06. The van der Waals surface area contributed by atoms with Crippen LogP contribution in [0, 0.1) is 0 Å². The lowest BCUT2D eigenvalue weighted by atomic mass is 9.83. The van der Waals surface area contributed by atoms with E-state index in [0.717, 1.165) is 41.5 Å². The van der Waals surface area contributed by atoms with Crippen molar-refractivity contribution >= 4 is 22.0 Å². The number of likely N-dealkylation sites (tertiary alicyclic amines) is 1. The van der Waals surface area contributed by atoms with Gasteiger partial charge in [0.05, 0.1) is 0 Å². The van der Waals surface area contributed by atoms with Gasteiger partial charge in [0.25, 0.3) is 0 Å². The number of aryl methyl sites for hydroxylation is 1. The first kappa shape index (κ1) is 17.4. The van der Waals surface area contributed by atoms with Crippen LogP contribution in [0.1, 0.15) is 30.4 Å². The number of halogens is 1. The number of piperidine rings is 1. The topological polar surface area (TPSA) is 38.8 Å². The molecule has 0 radical (unpaired) electrons. The number of hydrogen-bond acceptors (Lipinski definition) is 3. The Morgan fingerprint density at radius 3 is 2.65 bits per heavy atom. The summed E-state index contributed by atoms with van der Waals surface area (Å²) >= 11 is 3.52. The van der Waals surface area contributed by atoms with Gasteiger partial charge in [-0.1, -0.05) is 46.3 Å². The van der Waals surface area contributed by atoms with E-state index in [1.54, 1.807) is 4.90 Å². The number of carbonyl (C=O) groups is 1. The summed E-state index contributed by atoms with van der Waals surface area (Å²) < 4.78 is 12.9. The standard InChI is InChI=1S/C21H22BrNO3/c22-18-6-7-19-17(14-18)8-9-21(26-19)10-12-23(13-11-21)20(24)25-15-16-4-2-1-3-5-16/h1-7,14H,8-13,15H2. The van der Waals surface area contributed by atoms with E-state index in [9.17, 15) is 4.79 Å². The molecule has 1 amide bonds. The summed E-state index contributed by atoms with van der Waals surface area (Å²) in [5.74, 6) is 0.986. The lowest BCUT2D eigenvalue weighted by Crippen LogP contribution is -2.51. The Kier molecular flexibility index (Phi) is 4.90. The smallest absolute Gasteiger partial charge is 0.410 e. The van der Waals surface area contributed by atoms with Gasteiger partial charge in [-0.05, 0) is 42.2 Å². The van der Waals surface area contributed by atoms with Gasteiger partial charge in [0.15, 0.2) is 0 Å². The Hall–Kier alpha value is -2.01. The van der Waals surface area contributed by atoms with Gasteiger partial charge >= 0.3 is 6.09 Å². The summed E-state index contributed by atoms with van der Waals surface area (Å²) in [6, 6.07) is 16.0. The highest BCUT2D eigenvalue weighted by molar-refractivity contribution is 9.10. The zero-order valence-electron chi connectivity index (χ0n) is 14.6. The van der Waals surface area contributed by atoms with Crippen LogP contribution < -0.4 is 4.74 Å². The molecular weight excluding hydrogens is 394 g/mol. The van der Waals surface area contributed by atoms with Crippen molar-refractivity contribution in [2.75, 3.05) is 13.1 Å². The fourth-order valence-corrected chi connectivity index (χ4v) is 4.16. The normalized spacial score (nSPS) is 18.1. The average Bonchev–Trinajstić information content (AvgIpc) is 2.68. The van der Waals surface area contributed by atoms with Crippen LogP contribution in [0.3, 0.4) is 0 Å². The van der Waals surface area contributed by atoms with Gasteiger partial charge in [-0.25, -0.2) is 4.79 Å². The van der Waals surface area contributed by atoms with Gasteiger partial charge in [0.2, 0.25) is 0 Å². The molecule has 0 N–H and O–H groups in total. The van der Waals surface area contributed by atoms with Crippen molar-refractivity contribution in [1.29, 1.82) is 0 Å². The molecule has 0 aromatic heterocycles. The Bertz CT molecular complexity index is 785. The predicted molar refractivity (Wildman–Crippen MR) is 103 cm³/mol. The molecule has 0 unspecified atom stereocenters. The fourth-order valence-electron chi connectivity index (χ4n) is 3.75. The summed E-state index contributed by atoms with van der Waals surface area (Å²) in [6.07, 6.45) is 3.49. The number of carbonyl (C=O) groups excluding carboxylic acids is 1. The van der Waals surface area contributed by atoms with E-state index in [1.807, 2.05) is 42.5 Å². The zero-order valence-corrected chi connectivity index (χ0v) is 16.2. The molecule has 0 bridgehead atoms. The van der Waals surface area contributed by atoms with E-state index in [1.165, 1.54) is 5.56 Å². The van der Waals surface area contributed by atoms with Crippen molar-refractivity contribution < 1.29 is 14.3 Å². The fraction of sp³-hybridized carbons (Fsp3) is 0.381. The summed E-state index contributed by atoms with van der Waals surface area (Å²) in [6.45, 7) is 1.68. The Morgan fingerprint density at radius 2 is 1.88 bits per heavy atom. The molecule has 0 aliphatic carbocycles. The average molecular weight is 416 g/mol. The molecule has 136 valence electrons. The molecule has 4 rings (SSSR count). The molecular formula is C21H22BrNO3. The van der Waals surface area contributed by atoms with Crippen LogP contribution in [0.4, 0.5) is 4.79 Å². The molecule has 1 fully saturated rings. The van der Waals surface area contributed by atoms with Crippen molar-refractivity contribution in [1.82, 2.24) is 4.90 Å². The van der Waals surface area contributed by atoms with Gasteiger partial charge in [-0.15, -0.1) is 0 Å². The van der Waals surface area contributed by atoms with Gasteiger partial charge in [-0.3, -0.25) is 0 Å². The van der Waals surface area contributed by atoms with Crippen LogP contribution >= 0.6 is 15.9 Å². The molecule has 0 saturated carbocycles. The number of fused-ring (bicyclic) bond motifs is 1.